The molecular weight excluding hydrogens is 360 g/mol. The fraction of sp³-hybridized carbons (Fsp3) is 0.400. The number of nitrogens with one attached hydrogen (secondary N) is 2. The van der Waals surface area contributed by atoms with Crippen molar-refractivity contribution in [3.8, 4) is 5.75 Å². The molecule has 0 saturated heterocycles. The molecule has 7 heteroatoms. The quantitative estimate of drug-likeness (QED) is 0.538. The zero-order valence-electron chi connectivity index (χ0n) is 16.4. The molecule has 0 aliphatic heterocycles. The van der Waals surface area contributed by atoms with Gasteiger partial charge in [-0.15, -0.1) is 11.3 Å². The van der Waals surface area contributed by atoms with Crippen LogP contribution in [-0.2, 0) is 17.8 Å². The summed E-state index contributed by atoms with van der Waals surface area (Å²) in [6, 6.07) is 10.3. The van der Waals surface area contributed by atoms with E-state index in [-0.39, 0.29) is 12.5 Å². The standard InChI is InChI=1S/C20H28N4O2S/c1-15-7-8-16(12-18(15)26-4)9-10-21-20(23-14-19(25)24(2)3)22-13-17-6-5-11-27-17/h5-8,11-12H,9-10,13-14H2,1-4H3,(H2,21,22,23). The minimum atomic E-state index is -0.0319. The molecule has 0 aliphatic carbocycles. The Bertz CT molecular complexity index is 757. The number of carbonyl (C=O) groups excluding carboxylic acids is 1. The molecule has 6 nitrogen and oxygen atoms in total. The summed E-state index contributed by atoms with van der Waals surface area (Å²) in [6.07, 6.45) is 0.831. The highest BCUT2D eigenvalue weighted by atomic mass is 32.1. The number of ether oxygens (including phenoxy) is 1. The number of methoxy groups -OCH3 is 1. The third kappa shape index (κ3) is 6.94. The molecule has 1 amide bonds. The van der Waals surface area contributed by atoms with Crippen LogP contribution in [0.2, 0.25) is 0 Å². The second kappa shape index (κ2) is 10.6. The first-order valence-corrected chi connectivity index (χ1v) is 9.75. The van der Waals surface area contributed by atoms with Gasteiger partial charge in [-0.1, -0.05) is 18.2 Å². The van der Waals surface area contributed by atoms with E-state index in [1.54, 1.807) is 37.4 Å². The molecule has 0 aliphatic rings. The number of benzene rings is 1. The van der Waals surface area contributed by atoms with Gasteiger partial charge in [0.2, 0.25) is 5.91 Å². The molecule has 0 radical (unpaired) electrons. The summed E-state index contributed by atoms with van der Waals surface area (Å²) in [4.78, 5) is 19.0. The van der Waals surface area contributed by atoms with Gasteiger partial charge in [-0.05, 0) is 42.0 Å². The predicted molar refractivity (Wildman–Crippen MR) is 112 cm³/mol. The van der Waals surface area contributed by atoms with Gasteiger partial charge in [0.15, 0.2) is 5.96 Å². The molecule has 0 saturated carbocycles. The smallest absolute Gasteiger partial charge is 0.243 e. The molecule has 1 aromatic heterocycles. The van der Waals surface area contributed by atoms with Crippen molar-refractivity contribution in [2.24, 2.45) is 4.99 Å². The van der Waals surface area contributed by atoms with Gasteiger partial charge in [-0.3, -0.25) is 4.79 Å². The van der Waals surface area contributed by atoms with Crippen LogP contribution in [0.4, 0.5) is 0 Å². The second-order valence-electron chi connectivity index (χ2n) is 6.37. The van der Waals surface area contributed by atoms with Crippen molar-refractivity contribution in [1.82, 2.24) is 15.5 Å². The van der Waals surface area contributed by atoms with Crippen LogP contribution >= 0.6 is 11.3 Å². The Morgan fingerprint density at radius 1 is 1.26 bits per heavy atom. The largest absolute Gasteiger partial charge is 0.496 e. The van der Waals surface area contributed by atoms with Crippen LogP contribution < -0.4 is 15.4 Å². The fourth-order valence-electron chi connectivity index (χ4n) is 2.39. The maximum Gasteiger partial charge on any atom is 0.243 e. The monoisotopic (exact) mass is 388 g/mol. The van der Waals surface area contributed by atoms with Crippen molar-refractivity contribution in [2.75, 3.05) is 34.3 Å². The number of hydrogen-bond donors (Lipinski definition) is 2. The van der Waals surface area contributed by atoms with E-state index in [1.165, 1.54) is 10.4 Å². The van der Waals surface area contributed by atoms with Crippen LogP contribution in [0.1, 0.15) is 16.0 Å². The summed E-state index contributed by atoms with van der Waals surface area (Å²) < 4.78 is 5.38. The number of likely N-dealkylation sites (N-methyl/N-ethyl adjacent to an activating group) is 1. The van der Waals surface area contributed by atoms with Crippen LogP contribution in [-0.4, -0.2) is 51.1 Å². The molecule has 0 unspecified atom stereocenters. The van der Waals surface area contributed by atoms with Crippen LogP contribution in [0.25, 0.3) is 0 Å². The average molecular weight is 389 g/mol. The highest BCUT2D eigenvalue weighted by molar-refractivity contribution is 7.09. The van der Waals surface area contributed by atoms with Crippen molar-refractivity contribution >= 4 is 23.2 Å². The Morgan fingerprint density at radius 3 is 2.74 bits per heavy atom. The minimum Gasteiger partial charge on any atom is -0.496 e. The maximum atomic E-state index is 11.8. The lowest BCUT2D eigenvalue weighted by Gasteiger charge is -2.14. The lowest BCUT2D eigenvalue weighted by Crippen LogP contribution is -2.39. The van der Waals surface area contributed by atoms with Crippen molar-refractivity contribution in [2.45, 2.75) is 19.9 Å². The number of amides is 1. The third-order valence-corrected chi connectivity index (χ3v) is 4.94. The molecule has 1 heterocycles. The number of rotatable bonds is 8. The summed E-state index contributed by atoms with van der Waals surface area (Å²) in [5, 5.41) is 8.64. The number of nitrogens with zero attached hydrogens (tertiary/aromatic N) is 2. The van der Waals surface area contributed by atoms with Gasteiger partial charge in [0.1, 0.15) is 12.3 Å². The van der Waals surface area contributed by atoms with Gasteiger partial charge in [-0.2, -0.15) is 0 Å². The van der Waals surface area contributed by atoms with Crippen molar-refractivity contribution < 1.29 is 9.53 Å². The fourth-order valence-corrected chi connectivity index (χ4v) is 3.04. The summed E-state index contributed by atoms with van der Waals surface area (Å²) in [7, 11) is 5.15. The van der Waals surface area contributed by atoms with Gasteiger partial charge in [0.05, 0.1) is 13.7 Å². The van der Waals surface area contributed by atoms with E-state index in [0.717, 1.165) is 17.7 Å². The van der Waals surface area contributed by atoms with Crippen LogP contribution in [0, 0.1) is 6.92 Å². The maximum absolute atomic E-state index is 11.8. The number of thiophene rings is 1. The molecule has 2 aromatic rings. The van der Waals surface area contributed by atoms with E-state index >= 15 is 0 Å². The summed E-state index contributed by atoms with van der Waals surface area (Å²) in [6.45, 7) is 3.53. The summed E-state index contributed by atoms with van der Waals surface area (Å²) in [5.41, 5.74) is 2.31. The van der Waals surface area contributed by atoms with E-state index < -0.39 is 0 Å². The molecule has 2 rings (SSSR count). The van der Waals surface area contributed by atoms with Gasteiger partial charge < -0.3 is 20.3 Å². The number of guanidine groups is 1. The van der Waals surface area contributed by atoms with E-state index in [2.05, 4.69) is 39.9 Å². The first-order valence-electron chi connectivity index (χ1n) is 8.88. The Morgan fingerprint density at radius 2 is 2.07 bits per heavy atom. The molecule has 0 bridgehead atoms. The lowest BCUT2D eigenvalue weighted by atomic mass is 10.1. The van der Waals surface area contributed by atoms with Crippen molar-refractivity contribution in [1.29, 1.82) is 0 Å². The Labute approximate surface area is 165 Å². The number of hydrogen-bond acceptors (Lipinski definition) is 4. The first kappa shape index (κ1) is 20.8. The highest BCUT2D eigenvalue weighted by Gasteiger charge is 2.06. The Hall–Kier alpha value is -2.54. The summed E-state index contributed by atoms with van der Waals surface area (Å²) in [5.74, 6) is 1.50. The molecule has 0 spiro atoms. The average Bonchev–Trinajstić information content (AvgIpc) is 3.17. The molecule has 146 valence electrons. The molecule has 1 aromatic carbocycles. The topological polar surface area (TPSA) is 66.0 Å². The number of aryl methyl sites for hydroxylation is 1. The SMILES string of the molecule is COc1cc(CCNC(=NCC(=O)N(C)C)NCc2cccs2)ccc1C. The normalized spacial score (nSPS) is 11.2. The summed E-state index contributed by atoms with van der Waals surface area (Å²) >= 11 is 1.69. The third-order valence-electron chi connectivity index (χ3n) is 4.06. The molecule has 2 N–H and O–H groups in total. The molecule has 0 fully saturated rings. The first-order chi connectivity index (χ1) is 13.0. The van der Waals surface area contributed by atoms with Gasteiger partial charge in [0, 0.05) is 25.5 Å². The molecular formula is C20H28N4O2S. The lowest BCUT2D eigenvalue weighted by molar-refractivity contribution is -0.127. The minimum absolute atomic E-state index is 0.0319. The van der Waals surface area contributed by atoms with E-state index in [0.29, 0.717) is 19.0 Å². The predicted octanol–water partition coefficient (Wildman–Crippen LogP) is 2.43. The van der Waals surface area contributed by atoms with Gasteiger partial charge in [0.25, 0.3) is 0 Å². The number of aliphatic imine (C=N–C) groups is 1. The van der Waals surface area contributed by atoms with E-state index in [1.807, 2.05) is 18.4 Å². The zero-order valence-corrected chi connectivity index (χ0v) is 17.2. The zero-order chi connectivity index (χ0) is 19.6. The Balaban J connectivity index is 1.93. The molecule has 0 atom stereocenters. The van der Waals surface area contributed by atoms with Crippen LogP contribution in [0.3, 0.4) is 0 Å². The van der Waals surface area contributed by atoms with Crippen molar-refractivity contribution in [3.63, 3.8) is 0 Å². The Kier molecular flexibility index (Phi) is 8.13. The second-order valence-corrected chi connectivity index (χ2v) is 7.40. The van der Waals surface area contributed by atoms with Gasteiger partial charge in [-0.25, -0.2) is 4.99 Å². The van der Waals surface area contributed by atoms with E-state index in [4.69, 9.17) is 4.74 Å². The number of carbonyl (C=O) groups is 1. The van der Waals surface area contributed by atoms with Crippen LogP contribution in [0.5, 0.6) is 5.75 Å². The highest BCUT2D eigenvalue weighted by Crippen LogP contribution is 2.19. The van der Waals surface area contributed by atoms with Crippen LogP contribution in [0.15, 0.2) is 40.7 Å². The molecule has 27 heavy (non-hydrogen) atoms. The van der Waals surface area contributed by atoms with Crippen molar-refractivity contribution in [3.05, 3.63) is 51.7 Å². The van der Waals surface area contributed by atoms with E-state index in [9.17, 15) is 4.79 Å². The van der Waals surface area contributed by atoms with Gasteiger partial charge >= 0.3 is 0 Å².